The van der Waals surface area contributed by atoms with Gasteiger partial charge in [-0.3, -0.25) is 14.4 Å². The van der Waals surface area contributed by atoms with Crippen LogP contribution < -0.4 is 10.2 Å². The molecule has 0 aliphatic carbocycles. The summed E-state index contributed by atoms with van der Waals surface area (Å²) in [7, 11) is 0. The molecule has 0 bridgehead atoms. The molecule has 0 aromatic heterocycles. The van der Waals surface area contributed by atoms with E-state index in [1.54, 1.807) is 4.90 Å². The highest BCUT2D eigenvalue weighted by Gasteiger charge is 2.54. The Morgan fingerprint density at radius 1 is 1.00 bits per heavy atom. The van der Waals surface area contributed by atoms with Gasteiger partial charge < -0.3 is 20.0 Å². The third kappa shape index (κ3) is 4.93. The van der Waals surface area contributed by atoms with Crippen LogP contribution in [0.15, 0.2) is 54.6 Å². The molecule has 4 rings (SSSR count). The molecule has 2 fully saturated rings. The molecule has 34 heavy (non-hydrogen) atoms. The summed E-state index contributed by atoms with van der Waals surface area (Å²) in [6.45, 7) is 5.54. The third-order valence-electron chi connectivity index (χ3n) is 6.94. The molecule has 7 heteroatoms. The fourth-order valence-corrected chi connectivity index (χ4v) is 4.95. The molecule has 2 aliphatic heterocycles. The van der Waals surface area contributed by atoms with Crippen LogP contribution in [-0.2, 0) is 14.4 Å². The minimum atomic E-state index is -0.729. The number of aryl methyl sites for hydroxylation is 1. The molecule has 1 N–H and O–H groups in total. The first-order valence-electron chi connectivity index (χ1n) is 12.2. The van der Waals surface area contributed by atoms with E-state index < -0.39 is 5.54 Å². The Hall–Kier alpha value is -3.35. The van der Waals surface area contributed by atoms with Gasteiger partial charge in [0, 0.05) is 30.9 Å². The summed E-state index contributed by atoms with van der Waals surface area (Å²) in [6, 6.07) is 17.5. The SMILES string of the molecule is CCCCC(=O)N1CCC2(CC1)C(=O)N(CC(=O)Nc1ccc(C)cc1)CN2c1ccccc1. The van der Waals surface area contributed by atoms with Gasteiger partial charge in [0.05, 0.1) is 6.67 Å². The standard InChI is InChI=1S/C27H34N4O3/c1-3-4-10-25(33)29-17-15-27(16-18-29)26(34)30(20-31(27)23-8-6-5-7-9-23)19-24(32)28-22-13-11-21(2)12-14-22/h5-9,11-14H,3-4,10,15-20H2,1-2H3,(H,28,32). The van der Waals surface area contributed by atoms with Crippen molar-refractivity contribution in [3.8, 4) is 0 Å². The Morgan fingerprint density at radius 3 is 2.32 bits per heavy atom. The van der Waals surface area contributed by atoms with Crippen molar-refractivity contribution in [2.24, 2.45) is 0 Å². The summed E-state index contributed by atoms with van der Waals surface area (Å²) < 4.78 is 0. The number of benzene rings is 2. The number of unbranched alkanes of at least 4 members (excludes halogenated alkanes) is 1. The molecule has 180 valence electrons. The van der Waals surface area contributed by atoms with Gasteiger partial charge in [-0.2, -0.15) is 0 Å². The molecule has 0 unspecified atom stereocenters. The van der Waals surface area contributed by atoms with Gasteiger partial charge in [0.1, 0.15) is 12.1 Å². The van der Waals surface area contributed by atoms with E-state index in [0.29, 0.717) is 39.0 Å². The fraction of sp³-hybridized carbons (Fsp3) is 0.444. The van der Waals surface area contributed by atoms with Crippen molar-refractivity contribution in [1.82, 2.24) is 9.80 Å². The zero-order valence-electron chi connectivity index (χ0n) is 20.1. The monoisotopic (exact) mass is 462 g/mol. The van der Waals surface area contributed by atoms with Crippen molar-refractivity contribution in [1.29, 1.82) is 0 Å². The van der Waals surface area contributed by atoms with Crippen LogP contribution in [0, 0.1) is 6.92 Å². The summed E-state index contributed by atoms with van der Waals surface area (Å²) in [5.74, 6) is -0.0757. The molecular weight excluding hydrogens is 428 g/mol. The first-order chi connectivity index (χ1) is 16.4. The zero-order valence-corrected chi connectivity index (χ0v) is 20.1. The number of nitrogens with zero attached hydrogens (tertiary/aromatic N) is 3. The Kier molecular flexibility index (Phi) is 7.20. The van der Waals surface area contributed by atoms with Crippen molar-refractivity contribution < 1.29 is 14.4 Å². The Labute approximate surface area is 201 Å². The molecule has 0 radical (unpaired) electrons. The van der Waals surface area contributed by atoms with Crippen LogP contribution in [0.2, 0.25) is 0 Å². The smallest absolute Gasteiger partial charge is 0.250 e. The van der Waals surface area contributed by atoms with Crippen molar-refractivity contribution in [2.45, 2.75) is 51.5 Å². The van der Waals surface area contributed by atoms with Gasteiger partial charge in [-0.25, -0.2) is 0 Å². The van der Waals surface area contributed by atoms with Crippen LogP contribution in [0.1, 0.15) is 44.6 Å². The minimum absolute atomic E-state index is 0.00304. The van der Waals surface area contributed by atoms with Crippen LogP contribution in [-0.4, -0.2) is 59.4 Å². The number of carbonyl (C=O) groups excluding carboxylic acids is 3. The molecule has 2 saturated heterocycles. The average Bonchev–Trinajstić information content (AvgIpc) is 3.11. The van der Waals surface area contributed by atoms with E-state index in [0.717, 1.165) is 29.8 Å². The molecular formula is C27H34N4O3. The van der Waals surface area contributed by atoms with Crippen molar-refractivity contribution in [3.05, 3.63) is 60.2 Å². The van der Waals surface area contributed by atoms with E-state index in [2.05, 4.69) is 17.1 Å². The molecule has 0 atom stereocenters. The molecule has 2 aromatic carbocycles. The van der Waals surface area contributed by atoms with Gasteiger partial charge in [-0.1, -0.05) is 49.2 Å². The largest absolute Gasteiger partial charge is 0.342 e. The Morgan fingerprint density at radius 2 is 1.68 bits per heavy atom. The summed E-state index contributed by atoms with van der Waals surface area (Å²) in [6.07, 6.45) is 3.57. The fourth-order valence-electron chi connectivity index (χ4n) is 4.95. The van der Waals surface area contributed by atoms with Gasteiger partial charge in [-0.05, 0) is 50.5 Å². The molecule has 2 aliphatic rings. The lowest BCUT2D eigenvalue weighted by atomic mass is 9.85. The highest BCUT2D eigenvalue weighted by Crippen LogP contribution is 2.39. The van der Waals surface area contributed by atoms with Crippen LogP contribution in [0.3, 0.4) is 0 Å². The third-order valence-corrected chi connectivity index (χ3v) is 6.94. The van der Waals surface area contributed by atoms with Crippen molar-refractivity contribution in [2.75, 3.05) is 36.5 Å². The maximum Gasteiger partial charge on any atom is 0.250 e. The molecule has 1 spiro atoms. The molecule has 7 nitrogen and oxygen atoms in total. The number of anilines is 2. The van der Waals surface area contributed by atoms with Gasteiger partial charge in [0.25, 0.3) is 5.91 Å². The minimum Gasteiger partial charge on any atom is -0.342 e. The molecule has 2 aromatic rings. The van der Waals surface area contributed by atoms with Gasteiger partial charge >= 0.3 is 0 Å². The summed E-state index contributed by atoms with van der Waals surface area (Å²) in [5.41, 5.74) is 2.07. The van der Waals surface area contributed by atoms with E-state index in [9.17, 15) is 14.4 Å². The zero-order chi connectivity index (χ0) is 24.1. The van der Waals surface area contributed by atoms with E-state index in [1.165, 1.54) is 0 Å². The summed E-state index contributed by atoms with van der Waals surface area (Å²) in [4.78, 5) is 44.8. The number of piperidine rings is 1. The average molecular weight is 463 g/mol. The first-order valence-corrected chi connectivity index (χ1v) is 12.2. The number of para-hydroxylation sites is 1. The lowest BCUT2D eigenvalue weighted by molar-refractivity contribution is -0.139. The number of carbonyl (C=O) groups is 3. The van der Waals surface area contributed by atoms with Crippen LogP contribution in [0.4, 0.5) is 11.4 Å². The van der Waals surface area contributed by atoms with Crippen molar-refractivity contribution >= 4 is 29.1 Å². The molecule has 0 saturated carbocycles. The highest BCUT2D eigenvalue weighted by molar-refractivity contribution is 5.99. The first kappa shape index (κ1) is 23.8. The lowest BCUT2D eigenvalue weighted by Crippen LogP contribution is -2.57. The van der Waals surface area contributed by atoms with E-state index in [-0.39, 0.29) is 24.3 Å². The van der Waals surface area contributed by atoms with E-state index >= 15 is 0 Å². The number of hydrogen-bond acceptors (Lipinski definition) is 4. The summed E-state index contributed by atoms with van der Waals surface area (Å²) in [5, 5.41) is 2.90. The molecule has 2 heterocycles. The van der Waals surface area contributed by atoms with Gasteiger partial charge in [0.2, 0.25) is 11.8 Å². The second-order valence-electron chi connectivity index (χ2n) is 9.34. The maximum atomic E-state index is 13.7. The highest BCUT2D eigenvalue weighted by atomic mass is 16.2. The normalized spacial score (nSPS) is 17.4. The number of amides is 3. The van der Waals surface area contributed by atoms with E-state index in [1.807, 2.05) is 66.4 Å². The predicted octanol–water partition coefficient (Wildman–Crippen LogP) is 3.79. The Balaban J connectivity index is 1.49. The van der Waals surface area contributed by atoms with Gasteiger partial charge in [-0.15, -0.1) is 0 Å². The molecule has 3 amide bonds. The van der Waals surface area contributed by atoms with Crippen LogP contribution in [0.5, 0.6) is 0 Å². The summed E-state index contributed by atoms with van der Waals surface area (Å²) >= 11 is 0. The quantitative estimate of drug-likeness (QED) is 0.680. The van der Waals surface area contributed by atoms with Crippen LogP contribution in [0.25, 0.3) is 0 Å². The maximum absolute atomic E-state index is 13.7. The topological polar surface area (TPSA) is 73.0 Å². The van der Waals surface area contributed by atoms with Crippen LogP contribution >= 0.6 is 0 Å². The van der Waals surface area contributed by atoms with E-state index in [4.69, 9.17) is 0 Å². The number of hydrogen-bond donors (Lipinski definition) is 1. The second kappa shape index (κ2) is 10.3. The number of rotatable bonds is 7. The van der Waals surface area contributed by atoms with Crippen molar-refractivity contribution in [3.63, 3.8) is 0 Å². The Bertz CT molecular complexity index is 1010. The second-order valence-corrected chi connectivity index (χ2v) is 9.34. The lowest BCUT2D eigenvalue weighted by Gasteiger charge is -2.43. The number of nitrogens with one attached hydrogen (secondary N) is 1. The van der Waals surface area contributed by atoms with Gasteiger partial charge in [0.15, 0.2) is 0 Å². The number of likely N-dealkylation sites (tertiary alicyclic amines) is 1. The predicted molar refractivity (Wildman–Crippen MR) is 133 cm³/mol.